The van der Waals surface area contributed by atoms with Crippen molar-refractivity contribution < 1.29 is 14.3 Å². The highest BCUT2D eigenvalue weighted by atomic mass is 16.5. The summed E-state index contributed by atoms with van der Waals surface area (Å²) in [7, 11) is 1.59. The zero-order valence-electron chi connectivity index (χ0n) is 16.7. The molecule has 0 N–H and O–H groups in total. The molecule has 0 spiro atoms. The molecule has 2 aromatic rings. The van der Waals surface area contributed by atoms with Crippen LogP contribution in [0.5, 0.6) is 5.75 Å². The minimum atomic E-state index is -0.323. The summed E-state index contributed by atoms with van der Waals surface area (Å²) in [6.07, 6.45) is 5.29. The van der Waals surface area contributed by atoms with E-state index in [1.165, 1.54) is 0 Å². The normalized spacial score (nSPS) is 19.6. The molecule has 0 aliphatic carbocycles. The van der Waals surface area contributed by atoms with Crippen LogP contribution in [0.4, 0.5) is 11.5 Å². The average Bonchev–Trinajstić information content (AvgIpc) is 3.15. The van der Waals surface area contributed by atoms with E-state index in [9.17, 15) is 9.59 Å². The van der Waals surface area contributed by atoms with Gasteiger partial charge in [-0.1, -0.05) is 6.07 Å². The van der Waals surface area contributed by atoms with Crippen molar-refractivity contribution >= 4 is 23.3 Å². The fraction of sp³-hybridized carbons (Fsp3) is 0.429. The third kappa shape index (κ3) is 3.87. The summed E-state index contributed by atoms with van der Waals surface area (Å²) < 4.78 is 5.42. The lowest BCUT2D eigenvalue weighted by Crippen LogP contribution is -2.51. The first-order chi connectivity index (χ1) is 14.1. The van der Waals surface area contributed by atoms with Crippen LogP contribution in [-0.4, -0.2) is 66.5 Å². The Balaban J connectivity index is 1.41. The molecule has 152 valence electrons. The third-order valence-corrected chi connectivity index (χ3v) is 5.56. The summed E-state index contributed by atoms with van der Waals surface area (Å²) >= 11 is 0. The van der Waals surface area contributed by atoms with Gasteiger partial charge in [0.1, 0.15) is 11.6 Å². The molecular weight excluding hydrogens is 370 g/mol. The smallest absolute Gasteiger partial charge is 0.228 e. The van der Waals surface area contributed by atoms with Crippen molar-refractivity contribution in [2.45, 2.75) is 13.3 Å². The lowest BCUT2D eigenvalue weighted by atomic mass is 10.1. The van der Waals surface area contributed by atoms with Gasteiger partial charge < -0.3 is 19.4 Å². The van der Waals surface area contributed by atoms with Crippen LogP contribution in [0.1, 0.15) is 12.0 Å². The second-order valence-electron chi connectivity index (χ2n) is 7.46. The second kappa shape index (κ2) is 8.06. The minimum Gasteiger partial charge on any atom is -0.495 e. The van der Waals surface area contributed by atoms with Crippen LogP contribution in [0, 0.1) is 12.8 Å². The summed E-state index contributed by atoms with van der Waals surface area (Å²) in [5.74, 6) is 1.16. The number of hydrogen-bond donors (Lipinski definition) is 0. The Labute approximate surface area is 170 Å². The van der Waals surface area contributed by atoms with Crippen molar-refractivity contribution in [2.75, 3.05) is 49.6 Å². The highest BCUT2D eigenvalue weighted by molar-refractivity contribution is 6.01. The van der Waals surface area contributed by atoms with E-state index in [2.05, 4.69) is 14.9 Å². The SMILES string of the molecule is COc1ccc(C)cc1N1C[C@@H](C(=O)N2CCN(c3cnccn3)CC2)CC1=O. The molecule has 1 aromatic heterocycles. The first-order valence-electron chi connectivity index (χ1n) is 9.81. The van der Waals surface area contributed by atoms with Crippen LogP contribution in [0.25, 0.3) is 0 Å². The Morgan fingerprint density at radius 3 is 2.66 bits per heavy atom. The summed E-state index contributed by atoms with van der Waals surface area (Å²) in [6, 6.07) is 5.74. The molecule has 0 saturated carbocycles. The first-order valence-corrected chi connectivity index (χ1v) is 9.81. The minimum absolute atomic E-state index is 0.0366. The summed E-state index contributed by atoms with van der Waals surface area (Å²) in [5.41, 5.74) is 1.78. The van der Waals surface area contributed by atoms with Gasteiger partial charge >= 0.3 is 0 Å². The van der Waals surface area contributed by atoms with E-state index in [0.717, 1.165) is 17.1 Å². The number of carbonyl (C=O) groups excluding carboxylic acids is 2. The highest BCUT2D eigenvalue weighted by Crippen LogP contribution is 2.34. The van der Waals surface area contributed by atoms with Gasteiger partial charge in [-0.15, -0.1) is 0 Å². The van der Waals surface area contributed by atoms with Gasteiger partial charge in [0.25, 0.3) is 0 Å². The largest absolute Gasteiger partial charge is 0.495 e. The molecule has 0 bridgehead atoms. The molecule has 3 heterocycles. The fourth-order valence-corrected chi connectivity index (χ4v) is 3.99. The number of aryl methyl sites for hydroxylation is 1. The van der Waals surface area contributed by atoms with Gasteiger partial charge in [-0.2, -0.15) is 0 Å². The molecule has 2 fully saturated rings. The number of anilines is 2. The molecule has 2 saturated heterocycles. The van der Waals surface area contributed by atoms with E-state index in [1.54, 1.807) is 30.6 Å². The Morgan fingerprint density at radius 2 is 1.97 bits per heavy atom. The summed E-state index contributed by atoms with van der Waals surface area (Å²) in [6.45, 7) is 5.02. The van der Waals surface area contributed by atoms with E-state index in [0.29, 0.717) is 38.5 Å². The molecule has 1 aromatic carbocycles. The van der Waals surface area contributed by atoms with Gasteiger partial charge in [-0.25, -0.2) is 4.98 Å². The fourth-order valence-electron chi connectivity index (χ4n) is 3.99. The molecule has 2 aliphatic heterocycles. The van der Waals surface area contributed by atoms with E-state index in [4.69, 9.17) is 4.74 Å². The number of methoxy groups -OCH3 is 1. The van der Waals surface area contributed by atoms with Crippen molar-refractivity contribution in [1.29, 1.82) is 0 Å². The predicted octanol–water partition coefficient (Wildman–Crippen LogP) is 1.50. The van der Waals surface area contributed by atoms with Crippen molar-refractivity contribution in [3.05, 3.63) is 42.4 Å². The van der Waals surface area contributed by atoms with Gasteiger partial charge in [-0.3, -0.25) is 14.6 Å². The number of hydrogen-bond acceptors (Lipinski definition) is 6. The first kappa shape index (κ1) is 19.2. The van der Waals surface area contributed by atoms with Gasteiger partial charge in [0.15, 0.2) is 0 Å². The Kier molecular flexibility index (Phi) is 5.33. The number of piperazine rings is 1. The average molecular weight is 395 g/mol. The Hall–Kier alpha value is -3.16. The van der Waals surface area contributed by atoms with Gasteiger partial charge in [0.2, 0.25) is 11.8 Å². The molecule has 4 rings (SSSR count). The third-order valence-electron chi connectivity index (χ3n) is 5.56. The van der Waals surface area contributed by atoms with Gasteiger partial charge in [0.05, 0.1) is 24.9 Å². The zero-order valence-corrected chi connectivity index (χ0v) is 16.7. The van der Waals surface area contributed by atoms with Crippen molar-refractivity contribution in [1.82, 2.24) is 14.9 Å². The second-order valence-corrected chi connectivity index (χ2v) is 7.46. The number of nitrogens with zero attached hydrogens (tertiary/aromatic N) is 5. The number of aromatic nitrogens is 2. The van der Waals surface area contributed by atoms with Crippen LogP contribution in [0.15, 0.2) is 36.8 Å². The van der Waals surface area contributed by atoms with Crippen molar-refractivity contribution in [3.8, 4) is 5.75 Å². The van der Waals surface area contributed by atoms with Gasteiger partial charge in [-0.05, 0) is 24.6 Å². The molecule has 0 radical (unpaired) electrons. The number of rotatable bonds is 4. The standard InChI is InChI=1S/C21H25N5O3/c1-15-3-4-18(29-2)17(11-15)26-14-16(12-20(26)27)21(28)25-9-7-24(8-10-25)19-13-22-5-6-23-19/h3-6,11,13,16H,7-10,12,14H2,1-2H3/t16-/m0/s1. The number of benzene rings is 1. The number of amides is 2. The van der Waals surface area contributed by atoms with Crippen LogP contribution in [-0.2, 0) is 9.59 Å². The maximum Gasteiger partial charge on any atom is 0.228 e. The van der Waals surface area contributed by atoms with E-state index in [-0.39, 0.29) is 24.2 Å². The molecule has 0 unspecified atom stereocenters. The van der Waals surface area contributed by atoms with Crippen molar-refractivity contribution in [3.63, 3.8) is 0 Å². The highest BCUT2D eigenvalue weighted by Gasteiger charge is 2.38. The maximum atomic E-state index is 13.1. The Morgan fingerprint density at radius 1 is 1.17 bits per heavy atom. The molecular formula is C21H25N5O3. The maximum absolute atomic E-state index is 13.1. The predicted molar refractivity (Wildman–Crippen MR) is 109 cm³/mol. The lowest BCUT2D eigenvalue weighted by molar-refractivity contribution is -0.136. The van der Waals surface area contributed by atoms with Crippen LogP contribution in [0.2, 0.25) is 0 Å². The Bertz CT molecular complexity index is 896. The summed E-state index contributed by atoms with van der Waals surface area (Å²) in [5, 5.41) is 0. The zero-order chi connectivity index (χ0) is 20.4. The van der Waals surface area contributed by atoms with Crippen molar-refractivity contribution in [2.24, 2.45) is 5.92 Å². The lowest BCUT2D eigenvalue weighted by Gasteiger charge is -2.36. The van der Waals surface area contributed by atoms with Crippen LogP contribution < -0.4 is 14.5 Å². The molecule has 29 heavy (non-hydrogen) atoms. The monoisotopic (exact) mass is 395 g/mol. The van der Waals surface area contributed by atoms with E-state index in [1.807, 2.05) is 30.0 Å². The van der Waals surface area contributed by atoms with E-state index < -0.39 is 0 Å². The number of carbonyl (C=O) groups is 2. The van der Waals surface area contributed by atoms with Crippen LogP contribution in [0.3, 0.4) is 0 Å². The van der Waals surface area contributed by atoms with E-state index >= 15 is 0 Å². The number of ether oxygens (including phenoxy) is 1. The van der Waals surface area contributed by atoms with Gasteiger partial charge in [0, 0.05) is 51.5 Å². The molecule has 2 amide bonds. The summed E-state index contributed by atoms with van der Waals surface area (Å²) in [4.78, 5) is 39.8. The quantitative estimate of drug-likeness (QED) is 0.781. The molecule has 1 atom stereocenters. The van der Waals surface area contributed by atoms with Crippen LogP contribution >= 0.6 is 0 Å². The molecule has 2 aliphatic rings. The topological polar surface area (TPSA) is 78.9 Å². The molecule has 8 heteroatoms. The molecule has 8 nitrogen and oxygen atoms in total.